The molecule has 2 rings (SSSR count). The highest BCUT2D eigenvalue weighted by atomic mass is 19.1. The van der Waals surface area contributed by atoms with Crippen LogP contribution >= 0.6 is 0 Å². The second kappa shape index (κ2) is 5.73. The van der Waals surface area contributed by atoms with Crippen molar-refractivity contribution >= 4 is 0 Å². The maximum Gasteiger partial charge on any atom is 0.128 e. The van der Waals surface area contributed by atoms with E-state index in [9.17, 15) is 8.78 Å². The SMILES string of the molecule is CCCNCc1cn(-c2cc(F)cc(F)c2)cn1. The Morgan fingerprint density at radius 3 is 2.61 bits per heavy atom. The molecule has 1 N–H and O–H groups in total. The second-order valence-electron chi connectivity index (χ2n) is 4.08. The molecule has 0 aliphatic carbocycles. The number of nitrogens with zero attached hydrogens (tertiary/aromatic N) is 2. The van der Waals surface area contributed by atoms with Crippen molar-refractivity contribution < 1.29 is 8.78 Å². The summed E-state index contributed by atoms with van der Waals surface area (Å²) >= 11 is 0. The fraction of sp³-hybridized carbons (Fsp3) is 0.308. The van der Waals surface area contributed by atoms with Gasteiger partial charge in [-0.1, -0.05) is 6.92 Å². The zero-order chi connectivity index (χ0) is 13.0. The smallest absolute Gasteiger partial charge is 0.128 e. The van der Waals surface area contributed by atoms with E-state index in [2.05, 4.69) is 17.2 Å². The number of hydrogen-bond donors (Lipinski definition) is 1. The van der Waals surface area contributed by atoms with Crippen molar-refractivity contribution in [3.63, 3.8) is 0 Å². The zero-order valence-electron chi connectivity index (χ0n) is 10.2. The van der Waals surface area contributed by atoms with Gasteiger partial charge in [0.2, 0.25) is 0 Å². The molecule has 0 radical (unpaired) electrons. The summed E-state index contributed by atoms with van der Waals surface area (Å²) in [5.41, 5.74) is 1.27. The lowest BCUT2D eigenvalue weighted by Crippen LogP contribution is -2.13. The van der Waals surface area contributed by atoms with E-state index < -0.39 is 11.6 Å². The highest BCUT2D eigenvalue weighted by molar-refractivity contribution is 5.33. The minimum atomic E-state index is -0.593. The topological polar surface area (TPSA) is 29.9 Å². The van der Waals surface area contributed by atoms with Gasteiger partial charge in [-0.05, 0) is 25.1 Å². The molecule has 0 aliphatic heterocycles. The van der Waals surface area contributed by atoms with Crippen molar-refractivity contribution in [3.05, 3.63) is 48.1 Å². The highest BCUT2D eigenvalue weighted by Crippen LogP contribution is 2.13. The van der Waals surface area contributed by atoms with Gasteiger partial charge in [0.1, 0.15) is 11.6 Å². The Morgan fingerprint density at radius 2 is 1.94 bits per heavy atom. The fourth-order valence-electron chi connectivity index (χ4n) is 1.68. The van der Waals surface area contributed by atoms with Crippen LogP contribution in [0.3, 0.4) is 0 Å². The summed E-state index contributed by atoms with van der Waals surface area (Å²) in [6, 6.07) is 3.40. The first-order valence-electron chi connectivity index (χ1n) is 5.89. The van der Waals surface area contributed by atoms with Gasteiger partial charge >= 0.3 is 0 Å². The average molecular weight is 251 g/mol. The zero-order valence-corrected chi connectivity index (χ0v) is 10.2. The van der Waals surface area contributed by atoms with Gasteiger partial charge in [-0.2, -0.15) is 0 Å². The molecule has 1 aromatic carbocycles. The van der Waals surface area contributed by atoms with E-state index in [1.165, 1.54) is 12.1 Å². The molecule has 5 heteroatoms. The third kappa shape index (κ3) is 3.13. The van der Waals surface area contributed by atoms with Crippen molar-refractivity contribution in [3.8, 4) is 5.69 Å². The molecule has 0 unspecified atom stereocenters. The highest BCUT2D eigenvalue weighted by Gasteiger charge is 2.04. The number of benzene rings is 1. The summed E-state index contributed by atoms with van der Waals surface area (Å²) in [5, 5.41) is 3.21. The Balaban J connectivity index is 2.13. The number of nitrogens with one attached hydrogen (secondary N) is 1. The number of halogens is 2. The Labute approximate surface area is 104 Å². The quantitative estimate of drug-likeness (QED) is 0.828. The van der Waals surface area contributed by atoms with E-state index >= 15 is 0 Å². The lowest BCUT2D eigenvalue weighted by Gasteiger charge is -2.02. The average Bonchev–Trinajstić information content (AvgIpc) is 2.77. The number of imidazole rings is 1. The maximum atomic E-state index is 13.1. The first kappa shape index (κ1) is 12.7. The van der Waals surface area contributed by atoms with Crippen LogP contribution in [-0.2, 0) is 6.54 Å². The van der Waals surface area contributed by atoms with Crippen LogP contribution in [0.25, 0.3) is 5.69 Å². The standard InChI is InChI=1S/C13H15F2N3/c1-2-3-16-7-12-8-18(9-17-12)13-5-10(14)4-11(15)6-13/h4-6,8-9,16H,2-3,7H2,1H3. The molecule has 18 heavy (non-hydrogen) atoms. The van der Waals surface area contributed by atoms with Crippen LogP contribution in [0.15, 0.2) is 30.7 Å². The third-order valence-corrected chi connectivity index (χ3v) is 2.51. The van der Waals surface area contributed by atoms with Gasteiger partial charge in [0.05, 0.1) is 17.7 Å². The van der Waals surface area contributed by atoms with Crippen molar-refractivity contribution in [2.45, 2.75) is 19.9 Å². The fourth-order valence-corrected chi connectivity index (χ4v) is 1.68. The first-order valence-corrected chi connectivity index (χ1v) is 5.89. The van der Waals surface area contributed by atoms with Gasteiger partial charge in [0.25, 0.3) is 0 Å². The lowest BCUT2D eigenvalue weighted by molar-refractivity contribution is 0.581. The molecule has 0 saturated heterocycles. The third-order valence-electron chi connectivity index (χ3n) is 2.51. The summed E-state index contributed by atoms with van der Waals surface area (Å²) in [7, 11) is 0. The maximum absolute atomic E-state index is 13.1. The summed E-state index contributed by atoms with van der Waals surface area (Å²) in [5.74, 6) is -1.19. The van der Waals surface area contributed by atoms with Gasteiger partial charge in [-0.25, -0.2) is 13.8 Å². The minimum Gasteiger partial charge on any atom is -0.311 e. The Bertz CT molecular complexity index is 502. The lowest BCUT2D eigenvalue weighted by atomic mass is 10.3. The Hall–Kier alpha value is -1.75. The van der Waals surface area contributed by atoms with Crippen molar-refractivity contribution in [2.24, 2.45) is 0 Å². The predicted molar refractivity (Wildman–Crippen MR) is 65.5 cm³/mol. The monoisotopic (exact) mass is 251 g/mol. The molecule has 0 fully saturated rings. The second-order valence-corrected chi connectivity index (χ2v) is 4.08. The van der Waals surface area contributed by atoms with Crippen LogP contribution in [-0.4, -0.2) is 16.1 Å². The van der Waals surface area contributed by atoms with Gasteiger partial charge < -0.3 is 9.88 Å². The van der Waals surface area contributed by atoms with E-state index in [0.29, 0.717) is 12.2 Å². The summed E-state index contributed by atoms with van der Waals surface area (Å²) in [4.78, 5) is 4.18. The van der Waals surface area contributed by atoms with Crippen LogP contribution in [0.2, 0.25) is 0 Å². The van der Waals surface area contributed by atoms with E-state index in [4.69, 9.17) is 0 Å². The molecular weight excluding hydrogens is 236 g/mol. The van der Waals surface area contributed by atoms with Crippen LogP contribution in [0.4, 0.5) is 8.78 Å². The van der Waals surface area contributed by atoms with E-state index in [1.54, 1.807) is 17.1 Å². The molecule has 0 aliphatic rings. The molecule has 0 saturated carbocycles. The molecular formula is C13H15F2N3. The van der Waals surface area contributed by atoms with Crippen LogP contribution in [0.5, 0.6) is 0 Å². The molecule has 96 valence electrons. The molecule has 2 aromatic rings. The van der Waals surface area contributed by atoms with Crippen molar-refractivity contribution in [1.29, 1.82) is 0 Å². The van der Waals surface area contributed by atoms with Gasteiger partial charge in [-0.3, -0.25) is 0 Å². The molecule has 1 aromatic heterocycles. The number of aromatic nitrogens is 2. The minimum absolute atomic E-state index is 0.432. The van der Waals surface area contributed by atoms with Crippen molar-refractivity contribution in [1.82, 2.24) is 14.9 Å². The first-order chi connectivity index (χ1) is 8.69. The molecule has 3 nitrogen and oxygen atoms in total. The number of rotatable bonds is 5. The largest absolute Gasteiger partial charge is 0.311 e. The van der Waals surface area contributed by atoms with Gasteiger partial charge in [0, 0.05) is 18.8 Å². The number of hydrogen-bond acceptors (Lipinski definition) is 2. The molecule has 0 atom stereocenters. The van der Waals surface area contributed by atoms with Gasteiger partial charge in [0.15, 0.2) is 0 Å². The van der Waals surface area contributed by atoms with Crippen LogP contribution in [0, 0.1) is 11.6 Å². The molecule has 0 amide bonds. The molecule has 0 spiro atoms. The van der Waals surface area contributed by atoms with E-state index in [-0.39, 0.29) is 0 Å². The summed E-state index contributed by atoms with van der Waals surface area (Å²) in [6.07, 6.45) is 4.36. The van der Waals surface area contributed by atoms with Crippen molar-refractivity contribution in [2.75, 3.05) is 6.54 Å². The summed E-state index contributed by atoms with van der Waals surface area (Å²) in [6.45, 7) is 3.65. The van der Waals surface area contributed by atoms with Crippen LogP contribution in [0.1, 0.15) is 19.0 Å². The molecule has 1 heterocycles. The van der Waals surface area contributed by atoms with E-state index in [1.807, 2.05) is 0 Å². The van der Waals surface area contributed by atoms with Crippen LogP contribution < -0.4 is 5.32 Å². The van der Waals surface area contributed by atoms with Gasteiger partial charge in [-0.15, -0.1) is 0 Å². The Kier molecular flexibility index (Phi) is 4.04. The predicted octanol–water partition coefficient (Wildman–Crippen LogP) is 2.65. The van der Waals surface area contributed by atoms with E-state index in [0.717, 1.165) is 24.7 Å². The Morgan fingerprint density at radius 1 is 1.22 bits per heavy atom. The summed E-state index contributed by atoms with van der Waals surface area (Å²) < 4.78 is 27.8. The normalized spacial score (nSPS) is 10.8. The molecule has 0 bridgehead atoms.